The minimum atomic E-state index is -0.246. The standard InChI is InChI=1S/C19H26N4O4/c1-4-14-13(17-7-5-6-12(27-17)10-18(25)26-3)8-9-15(20-14)19-16(11-24)23(2)22-21-19/h8-9,12,17,24H,4-7,10-11H2,1-3H3/t12-,17-/m0/s1. The molecule has 1 saturated heterocycles. The first-order valence-electron chi connectivity index (χ1n) is 9.29. The monoisotopic (exact) mass is 374 g/mol. The van der Waals surface area contributed by atoms with Crippen LogP contribution in [0.3, 0.4) is 0 Å². The van der Waals surface area contributed by atoms with E-state index >= 15 is 0 Å². The van der Waals surface area contributed by atoms with Gasteiger partial charge >= 0.3 is 5.97 Å². The summed E-state index contributed by atoms with van der Waals surface area (Å²) in [5, 5.41) is 17.7. The molecule has 1 aliphatic heterocycles. The number of pyridine rings is 1. The first-order valence-corrected chi connectivity index (χ1v) is 9.29. The summed E-state index contributed by atoms with van der Waals surface area (Å²) in [6.07, 6.45) is 3.58. The van der Waals surface area contributed by atoms with E-state index in [9.17, 15) is 9.90 Å². The number of aryl methyl sites for hydroxylation is 2. The van der Waals surface area contributed by atoms with Crippen LogP contribution in [0.2, 0.25) is 0 Å². The number of hydrogen-bond donors (Lipinski definition) is 1. The number of aliphatic hydroxyl groups excluding tert-OH is 1. The second-order valence-corrected chi connectivity index (χ2v) is 6.71. The maximum Gasteiger partial charge on any atom is 0.308 e. The van der Waals surface area contributed by atoms with Gasteiger partial charge in [-0.15, -0.1) is 5.10 Å². The third kappa shape index (κ3) is 4.17. The summed E-state index contributed by atoms with van der Waals surface area (Å²) in [6, 6.07) is 3.91. The van der Waals surface area contributed by atoms with E-state index in [2.05, 4.69) is 10.3 Å². The van der Waals surface area contributed by atoms with Crippen LogP contribution in [0.15, 0.2) is 12.1 Å². The number of ether oxygens (including phenoxy) is 2. The van der Waals surface area contributed by atoms with Gasteiger partial charge in [0.2, 0.25) is 0 Å². The first kappa shape index (κ1) is 19.4. The number of esters is 1. The lowest BCUT2D eigenvalue weighted by Crippen LogP contribution is -2.26. The lowest BCUT2D eigenvalue weighted by Gasteiger charge is -2.30. The Morgan fingerprint density at radius 3 is 2.93 bits per heavy atom. The van der Waals surface area contributed by atoms with Gasteiger partial charge in [0.25, 0.3) is 0 Å². The normalized spacial score (nSPS) is 19.9. The Labute approximate surface area is 158 Å². The highest BCUT2D eigenvalue weighted by Gasteiger charge is 2.28. The van der Waals surface area contributed by atoms with E-state index in [0.717, 1.165) is 36.9 Å². The number of carbonyl (C=O) groups is 1. The van der Waals surface area contributed by atoms with Gasteiger partial charge in [0.15, 0.2) is 0 Å². The van der Waals surface area contributed by atoms with Crippen molar-refractivity contribution >= 4 is 5.97 Å². The molecule has 0 spiro atoms. The average Bonchev–Trinajstić information content (AvgIpc) is 3.08. The van der Waals surface area contributed by atoms with Gasteiger partial charge in [0.1, 0.15) is 5.69 Å². The average molecular weight is 374 g/mol. The number of carbonyl (C=O) groups excluding carboxylic acids is 1. The molecule has 2 aromatic rings. The van der Waals surface area contributed by atoms with E-state index in [1.54, 1.807) is 11.7 Å². The van der Waals surface area contributed by atoms with Crippen LogP contribution in [0, 0.1) is 0 Å². The van der Waals surface area contributed by atoms with Gasteiger partial charge in [-0.05, 0) is 31.7 Å². The van der Waals surface area contributed by atoms with Crippen molar-refractivity contribution in [1.82, 2.24) is 20.0 Å². The SMILES string of the molecule is CCc1nc(-c2nnn(C)c2CO)ccc1[C@@H]1CCC[C@@H](CC(=O)OC)O1. The molecule has 1 fully saturated rings. The second-order valence-electron chi connectivity index (χ2n) is 6.71. The third-order valence-electron chi connectivity index (χ3n) is 5.00. The van der Waals surface area contributed by atoms with Gasteiger partial charge < -0.3 is 14.6 Å². The Morgan fingerprint density at radius 2 is 2.22 bits per heavy atom. The minimum absolute atomic E-state index is 0.0796. The summed E-state index contributed by atoms with van der Waals surface area (Å²) < 4.78 is 12.5. The first-order chi connectivity index (χ1) is 13.1. The fraction of sp³-hybridized carbons (Fsp3) is 0.579. The molecular weight excluding hydrogens is 348 g/mol. The van der Waals surface area contributed by atoms with Gasteiger partial charge in [0, 0.05) is 18.3 Å². The van der Waals surface area contributed by atoms with E-state index in [1.807, 2.05) is 19.1 Å². The van der Waals surface area contributed by atoms with Crippen molar-refractivity contribution in [3.63, 3.8) is 0 Å². The van der Waals surface area contributed by atoms with Crippen LogP contribution in [0.1, 0.15) is 55.7 Å². The predicted octanol–water partition coefficient (Wildman–Crippen LogP) is 2.11. The van der Waals surface area contributed by atoms with Crippen molar-refractivity contribution in [2.24, 2.45) is 7.05 Å². The predicted molar refractivity (Wildman–Crippen MR) is 97.6 cm³/mol. The summed E-state index contributed by atoms with van der Waals surface area (Å²) in [6.45, 7) is 1.90. The summed E-state index contributed by atoms with van der Waals surface area (Å²) >= 11 is 0. The molecule has 3 heterocycles. The Balaban J connectivity index is 1.85. The molecular formula is C19H26N4O4. The van der Waals surface area contributed by atoms with Crippen LogP contribution in [0.4, 0.5) is 0 Å². The molecule has 0 aliphatic carbocycles. The van der Waals surface area contributed by atoms with Crippen molar-refractivity contribution in [1.29, 1.82) is 0 Å². The smallest absolute Gasteiger partial charge is 0.308 e. The number of rotatable bonds is 6. The van der Waals surface area contributed by atoms with Crippen LogP contribution >= 0.6 is 0 Å². The van der Waals surface area contributed by atoms with Crippen LogP contribution in [-0.2, 0) is 34.3 Å². The summed E-state index contributed by atoms with van der Waals surface area (Å²) in [4.78, 5) is 16.3. The molecule has 0 amide bonds. The van der Waals surface area contributed by atoms with Gasteiger partial charge in [-0.1, -0.05) is 18.2 Å². The van der Waals surface area contributed by atoms with Crippen molar-refractivity contribution in [3.05, 3.63) is 29.1 Å². The number of methoxy groups -OCH3 is 1. The molecule has 8 nitrogen and oxygen atoms in total. The number of aromatic nitrogens is 4. The van der Waals surface area contributed by atoms with Crippen molar-refractivity contribution in [2.45, 2.75) is 57.8 Å². The molecule has 1 aliphatic rings. The highest BCUT2D eigenvalue weighted by molar-refractivity contribution is 5.69. The van der Waals surface area contributed by atoms with Crippen molar-refractivity contribution in [3.8, 4) is 11.4 Å². The summed E-state index contributed by atoms with van der Waals surface area (Å²) in [5.41, 5.74) is 3.89. The number of hydrogen-bond acceptors (Lipinski definition) is 7. The minimum Gasteiger partial charge on any atom is -0.469 e. The van der Waals surface area contributed by atoms with Gasteiger partial charge in [-0.2, -0.15) is 0 Å². The van der Waals surface area contributed by atoms with Crippen molar-refractivity contribution < 1.29 is 19.4 Å². The van der Waals surface area contributed by atoms with E-state index < -0.39 is 0 Å². The Bertz CT molecular complexity index is 805. The zero-order valence-corrected chi connectivity index (χ0v) is 16.0. The topological polar surface area (TPSA) is 99.4 Å². The van der Waals surface area contributed by atoms with E-state index in [1.165, 1.54) is 7.11 Å². The number of aliphatic hydroxyl groups is 1. The van der Waals surface area contributed by atoms with Crippen LogP contribution in [-0.4, -0.2) is 44.3 Å². The van der Waals surface area contributed by atoms with E-state index in [0.29, 0.717) is 17.1 Å². The Kier molecular flexibility index (Phi) is 6.18. The molecule has 8 heteroatoms. The van der Waals surface area contributed by atoms with Crippen LogP contribution < -0.4 is 0 Å². The van der Waals surface area contributed by atoms with E-state index in [-0.39, 0.29) is 31.2 Å². The molecule has 0 bridgehead atoms. The molecule has 0 aromatic carbocycles. The number of nitrogens with zero attached hydrogens (tertiary/aromatic N) is 4. The highest BCUT2D eigenvalue weighted by atomic mass is 16.5. The molecule has 3 rings (SSSR count). The van der Waals surface area contributed by atoms with Gasteiger partial charge in [0.05, 0.1) is 43.7 Å². The van der Waals surface area contributed by atoms with Crippen LogP contribution in [0.25, 0.3) is 11.4 Å². The van der Waals surface area contributed by atoms with Gasteiger partial charge in [-0.25, -0.2) is 4.68 Å². The fourth-order valence-electron chi connectivity index (χ4n) is 3.52. The Hall–Kier alpha value is -2.32. The molecule has 0 radical (unpaired) electrons. The quantitative estimate of drug-likeness (QED) is 0.773. The zero-order valence-electron chi connectivity index (χ0n) is 16.0. The maximum absolute atomic E-state index is 11.6. The lowest BCUT2D eigenvalue weighted by atomic mass is 9.95. The molecule has 0 unspecified atom stereocenters. The lowest BCUT2D eigenvalue weighted by molar-refractivity contribution is -0.147. The molecule has 27 heavy (non-hydrogen) atoms. The highest BCUT2D eigenvalue weighted by Crippen LogP contribution is 2.35. The fourth-order valence-corrected chi connectivity index (χ4v) is 3.52. The molecule has 2 atom stereocenters. The van der Waals surface area contributed by atoms with Crippen molar-refractivity contribution in [2.75, 3.05) is 7.11 Å². The molecule has 1 N–H and O–H groups in total. The molecule has 2 aromatic heterocycles. The Morgan fingerprint density at radius 1 is 1.41 bits per heavy atom. The van der Waals surface area contributed by atoms with E-state index in [4.69, 9.17) is 14.5 Å². The molecule has 146 valence electrons. The third-order valence-corrected chi connectivity index (χ3v) is 5.00. The van der Waals surface area contributed by atoms with Crippen LogP contribution in [0.5, 0.6) is 0 Å². The maximum atomic E-state index is 11.6. The van der Waals surface area contributed by atoms with Gasteiger partial charge in [-0.3, -0.25) is 9.78 Å². The molecule has 0 saturated carbocycles. The zero-order chi connectivity index (χ0) is 19.4. The summed E-state index contributed by atoms with van der Waals surface area (Å²) in [7, 11) is 3.14. The second kappa shape index (κ2) is 8.58. The summed E-state index contributed by atoms with van der Waals surface area (Å²) in [5.74, 6) is -0.246. The largest absolute Gasteiger partial charge is 0.469 e.